The first-order valence-corrected chi connectivity index (χ1v) is 4.53. The van der Waals surface area contributed by atoms with E-state index < -0.39 is 0 Å². The van der Waals surface area contributed by atoms with Gasteiger partial charge in [0.1, 0.15) is 5.69 Å². The molecule has 0 aliphatic rings. The Balaban J connectivity index is 2.57. The highest BCUT2D eigenvalue weighted by molar-refractivity contribution is 6.28. The van der Waals surface area contributed by atoms with E-state index in [0.29, 0.717) is 0 Å². The molecule has 14 heavy (non-hydrogen) atoms. The zero-order valence-corrected chi connectivity index (χ0v) is 8.65. The molecule has 2 aromatic rings. The normalized spacial score (nSPS) is 10.5. The highest BCUT2D eigenvalue weighted by Crippen LogP contribution is 2.16. The predicted molar refractivity (Wildman–Crippen MR) is 54.0 cm³/mol. The molecule has 0 atom stereocenters. The summed E-state index contributed by atoms with van der Waals surface area (Å²) in [5, 5.41) is 0.253. The average molecular weight is 209 g/mol. The number of hydrogen-bond donors (Lipinski definition) is 0. The zero-order chi connectivity index (χ0) is 10.1. The first kappa shape index (κ1) is 9.15. The summed E-state index contributed by atoms with van der Waals surface area (Å²) < 4.78 is 1.89. The van der Waals surface area contributed by atoms with Crippen LogP contribution in [0.15, 0.2) is 18.5 Å². The minimum Gasteiger partial charge on any atom is -0.333 e. The number of aromatic nitrogens is 4. The fourth-order valence-electron chi connectivity index (χ4n) is 1.26. The summed E-state index contributed by atoms with van der Waals surface area (Å²) in [5.41, 5.74) is 1.58. The van der Waals surface area contributed by atoms with E-state index >= 15 is 0 Å². The van der Waals surface area contributed by atoms with Crippen LogP contribution < -0.4 is 0 Å². The molecule has 0 unspecified atom stereocenters. The third kappa shape index (κ3) is 1.61. The number of imidazole rings is 1. The molecular formula is C9H9ClN4. The van der Waals surface area contributed by atoms with E-state index in [9.17, 15) is 0 Å². The van der Waals surface area contributed by atoms with Crippen molar-refractivity contribution in [3.63, 3.8) is 0 Å². The summed E-state index contributed by atoms with van der Waals surface area (Å²) in [6.45, 7) is 1.88. The Morgan fingerprint density at radius 3 is 2.71 bits per heavy atom. The van der Waals surface area contributed by atoms with Crippen molar-refractivity contribution < 1.29 is 0 Å². The smallest absolute Gasteiger partial charge is 0.223 e. The Bertz CT molecular complexity index is 443. The van der Waals surface area contributed by atoms with Crippen LogP contribution in [0.1, 0.15) is 5.69 Å². The van der Waals surface area contributed by atoms with E-state index in [-0.39, 0.29) is 5.28 Å². The number of hydrogen-bond acceptors (Lipinski definition) is 3. The summed E-state index contributed by atoms with van der Waals surface area (Å²) in [4.78, 5) is 12.3. The van der Waals surface area contributed by atoms with Crippen molar-refractivity contribution in [3.8, 4) is 11.5 Å². The highest BCUT2D eigenvalue weighted by Gasteiger charge is 2.06. The van der Waals surface area contributed by atoms with Gasteiger partial charge in [0, 0.05) is 25.1 Å². The molecule has 0 aliphatic heterocycles. The maximum absolute atomic E-state index is 5.76. The molecular weight excluding hydrogens is 200 g/mol. The minimum atomic E-state index is 0.253. The van der Waals surface area contributed by atoms with Crippen LogP contribution in [0, 0.1) is 6.92 Å². The topological polar surface area (TPSA) is 43.6 Å². The van der Waals surface area contributed by atoms with Crippen molar-refractivity contribution in [1.82, 2.24) is 19.5 Å². The molecule has 72 valence electrons. The second-order valence-electron chi connectivity index (χ2n) is 3.03. The lowest BCUT2D eigenvalue weighted by molar-refractivity contribution is 0.913. The molecule has 0 aliphatic carbocycles. The van der Waals surface area contributed by atoms with E-state index in [4.69, 9.17) is 11.6 Å². The van der Waals surface area contributed by atoms with Gasteiger partial charge in [-0.1, -0.05) is 0 Å². The molecule has 0 fully saturated rings. The summed E-state index contributed by atoms with van der Waals surface area (Å²) in [7, 11) is 1.91. The van der Waals surface area contributed by atoms with Crippen molar-refractivity contribution in [2.45, 2.75) is 6.92 Å². The fraction of sp³-hybridized carbons (Fsp3) is 0.222. The van der Waals surface area contributed by atoms with Gasteiger partial charge in [-0.05, 0) is 24.6 Å². The van der Waals surface area contributed by atoms with Gasteiger partial charge in [0.15, 0.2) is 5.82 Å². The Hall–Kier alpha value is -1.42. The molecule has 2 heterocycles. The van der Waals surface area contributed by atoms with Crippen LogP contribution in [-0.2, 0) is 7.05 Å². The van der Waals surface area contributed by atoms with Crippen molar-refractivity contribution in [1.29, 1.82) is 0 Å². The zero-order valence-electron chi connectivity index (χ0n) is 7.90. The van der Waals surface area contributed by atoms with Gasteiger partial charge in [-0.2, -0.15) is 0 Å². The molecule has 0 amide bonds. The molecule has 2 rings (SSSR count). The Morgan fingerprint density at radius 1 is 1.36 bits per heavy atom. The Morgan fingerprint density at radius 2 is 2.14 bits per heavy atom. The van der Waals surface area contributed by atoms with Crippen molar-refractivity contribution in [3.05, 3.63) is 29.4 Å². The minimum absolute atomic E-state index is 0.253. The standard InChI is InChI=1S/C9H9ClN4/c1-6-5-7(13-9(10)12-6)8-11-3-4-14(8)2/h3-5H,1-2H3. The van der Waals surface area contributed by atoms with E-state index in [1.165, 1.54) is 0 Å². The number of halogens is 1. The van der Waals surface area contributed by atoms with Crippen LogP contribution in [0.2, 0.25) is 5.28 Å². The maximum Gasteiger partial charge on any atom is 0.223 e. The molecule has 0 spiro atoms. The quantitative estimate of drug-likeness (QED) is 0.672. The lowest BCUT2D eigenvalue weighted by Crippen LogP contribution is -1.96. The maximum atomic E-state index is 5.76. The van der Waals surface area contributed by atoms with Crippen LogP contribution in [0.5, 0.6) is 0 Å². The first-order valence-electron chi connectivity index (χ1n) is 4.15. The van der Waals surface area contributed by atoms with Crippen molar-refractivity contribution >= 4 is 11.6 Å². The summed E-state index contributed by atoms with van der Waals surface area (Å²) in [5.74, 6) is 0.789. The molecule has 4 nitrogen and oxygen atoms in total. The molecule has 0 saturated carbocycles. The molecule has 0 bridgehead atoms. The van der Waals surface area contributed by atoms with Crippen molar-refractivity contribution in [2.75, 3.05) is 0 Å². The molecule has 0 aromatic carbocycles. The van der Waals surface area contributed by atoms with Gasteiger partial charge in [0.2, 0.25) is 5.28 Å². The number of aryl methyl sites for hydroxylation is 2. The first-order chi connectivity index (χ1) is 6.66. The SMILES string of the molecule is Cc1cc(-c2nccn2C)nc(Cl)n1. The molecule has 2 aromatic heterocycles. The van der Waals surface area contributed by atoms with Crippen LogP contribution in [0.3, 0.4) is 0 Å². The molecule has 0 saturated heterocycles. The Kier molecular flexibility index (Phi) is 2.21. The average Bonchev–Trinajstić information content (AvgIpc) is 2.49. The number of rotatable bonds is 1. The molecule has 0 radical (unpaired) electrons. The van der Waals surface area contributed by atoms with Crippen LogP contribution in [-0.4, -0.2) is 19.5 Å². The van der Waals surface area contributed by atoms with Gasteiger partial charge >= 0.3 is 0 Å². The van der Waals surface area contributed by atoms with Gasteiger partial charge in [0.25, 0.3) is 0 Å². The summed E-state index contributed by atoms with van der Waals surface area (Å²) >= 11 is 5.76. The van der Waals surface area contributed by atoms with Gasteiger partial charge in [-0.25, -0.2) is 15.0 Å². The van der Waals surface area contributed by atoms with Gasteiger partial charge < -0.3 is 4.57 Å². The van der Waals surface area contributed by atoms with Gasteiger partial charge in [0.05, 0.1) is 0 Å². The van der Waals surface area contributed by atoms with Crippen LogP contribution >= 0.6 is 11.6 Å². The van der Waals surface area contributed by atoms with E-state index in [2.05, 4.69) is 15.0 Å². The van der Waals surface area contributed by atoms with Crippen LogP contribution in [0.25, 0.3) is 11.5 Å². The largest absolute Gasteiger partial charge is 0.333 e. The monoisotopic (exact) mass is 208 g/mol. The number of nitrogens with zero attached hydrogens (tertiary/aromatic N) is 4. The van der Waals surface area contributed by atoms with Crippen molar-refractivity contribution in [2.24, 2.45) is 7.05 Å². The third-order valence-corrected chi connectivity index (χ3v) is 2.05. The second-order valence-corrected chi connectivity index (χ2v) is 3.36. The summed E-state index contributed by atoms with van der Waals surface area (Å²) in [6.07, 6.45) is 3.58. The predicted octanol–water partition coefficient (Wildman–Crippen LogP) is 1.84. The Labute approximate surface area is 86.6 Å². The highest BCUT2D eigenvalue weighted by atomic mass is 35.5. The lowest BCUT2D eigenvalue weighted by atomic mass is 10.3. The van der Waals surface area contributed by atoms with E-state index in [1.54, 1.807) is 6.20 Å². The third-order valence-electron chi connectivity index (χ3n) is 1.88. The van der Waals surface area contributed by atoms with E-state index in [0.717, 1.165) is 17.2 Å². The molecule has 5 heteroatoms. The second kappa shape index (κ2) is 3.38. The van der Waals surface area contributed by atoms with Gasteiger partial charge in [-0.15, -0.1) is 0 Å². The van der Waals surface area contributed by atoms with E-state index in [1.807, 2.05) is 30.8 Å². The summed E-state index contributed by atoms with van der Waals surface area (Å²) in [6, 6.07) is 1.86. The lowest BCUT2D eigenvalue weighted by Gasteiger charge is -2.01. The molecule has 0 N–H and O–H groups in total. The fourth-order valence-corrected chi connectivity index (χ4v) is 1.48. The van der Waals surface area contributed by atoms with Crippen LogP contribution in [0.4, 0.5) is 0 Å². The van der Waals surface area contributed by atoms with Gasteiger partial charge in [-0.3, -0.25) is 0 Å².